The third kappa shape index (κ3) is 5.31. The minimum Gasteiger partial charge on any atom is -0.475 e. The first-order valence-corrected chi connectivity index (χ1v) is 9.94. The monoisotopic (exact) mass is 446 g/mol. The SMILES string of the molecule is CC/C(=N\N=C(\C)c1ccn(CC(F)F)n1)OCc1c(C)cccc1-n1nnn(C)c1=O. The van der Waals surface area contributed by atoms with Crippen LogP contribution in [0.25, 0.3) is 5.69 Å². The van der Waals surface area contributed by atoms with E-state index in [-0.39, 0.29) is 12.3 Å². The van der Waals surface area contributed by atoms with Crippen LogP contribution in [0.3, 0.4) is 0 Å². The molecular weight excluding hydrogens is 422 g/mol. The molecule has 0 N–H and O–H groups in total. The molecule has 0 aliphatic rings. The summed E-state index contributed by atoms with van der Waals surface area (Å²) in [5, 5.41) is 20.0. The van der Waals surface area contributed by atoms with Crippen LogP contribution < -0.4 is 5.69 Å². The number of aromatic nitrogens is 6. The Bertz CT molecular complexity index is 1190. The Labute approximate surface area is 182 Å². The van der Waals surface area contributed by atoms with Crippen molar-refractivity contribution in [1.29, 1.82) is 0 Å². The van der Waals surface area contributed by atoms with Crippen LogP contribution in [0, 0.1) is 6.92 Å². The predicted octanol–water partition coefficient (Wildman–Crippen LogP) is 2.49. The van der Waals surface area contributed by atoms with Crippen LogP contribution >= 0.6 is 0 Å². The topological polar surface area (TPSA) is 104 Å². The van der Waals surface area contributed by atoms with Crippen molar-refractivity contribution >= 4 is 11.6 Å². The maximum absolute atomic E-state index is 12.5. The zero-order valence-electron chi connectivity index (χ0n) is 18.2. The lowest BCUT2D eigenvalue weighted by Crippen LogP contribution is -2.23. The number of tetrazole rings is 1. The lowest BCUT2D eigenvalue weighted by molar-refractivity contribution is 0.122. The molecule has 1 aromatic carbocycles. The number of hydrogen-bond donors (Lipinski definition) is 0. The standard InChI is InChI=1S/C20H24F2N8O2/c1-5-19(24-23-14(3)16-9-10-29(25-16)11-18(21)22)32-12-15-13(2)7-6-8-17(15)30-20(31)28(4)26-27-30/h6-10,18H,5,11-12H2,1-4H3/b23-14-,24-19+. The average molecular weight is 446 g/mol. The molecule has 0 amide bonds. The maximum atomic E-state index is 12.5. The molecule has 0 aliphatic carbocycles. The van der Waals surface area contributed by atoms with Gasteiger partial charge in [0.05, 0.1) is 11.4 Å². The summed E-state index contributed by atoms with van der Waals surface area (Å²) in [6.07, 6.45) is -0.541. The fourth-order valence-electron chi connectivity index (χ4n) is 2.87. The number of nitrogens with zero attached hydrogens (tertiary/aromatic N) is 8. The highest BCUT2D eigenvalue weighted by molar-refractivity contribution is 5.97. The second kappa shape index (κ2) is 10.1. The summed E-state index contributed by atoms with van der Waals surface area (Å²) < 4.78 is 34.4. The minimum absolute atomic E-state index is 0.148. The Kier molecular flexibility index (Phi) is 7.23. The van der Waals surface area contributed by atoms with Gasteiger partial charge in [-0.1, -0.05) is 19.1 Å². The Morgan fingerprint density at radius 2 is 2.00 bits per heavy atom. The molecule has 3 rings (SSSR count). The molecule has 0 spiro atoms. The summed E-state index contributed by atoms with van der Waals surface area (Å²) in [4.78, 5) is 12.3. The zero-order chi connectivity index (χ0) is 23.3. The fourth-order valence-corrected chi connectivity index (χ4v) is 2.87. The Balaban J connectivity index is 1.78. The van der Waals surface area contributed by atoms with Crippen molar-refractivity contribution in [3.8, 4) is 5.69 Å². The van der Waals surface area contributed by atoms with Crippen LogP contribution in [-0.4, -0.2) is 47.6 Å². The lowest BCUT2D eigenvalue weighted by atomic mass is 10.1. The smallest absolute Gasteiger partial charge is 0.368 e. The Morgan fingerprint density at radius 1 is 1.22 bits per heavy atom. The van der Waals surface area contributed by atoms with Crippen molar-refractivity contribution in [3.63, 3.8) is 0 Å². The van der Waals surface area contributed by atoms with Gasteiger partial charge in [0.2, 0.25) is 5.90 Å². The van der Waals surface area contributed by atoms with Crippen LogP contribution in [-0.2, 0) is 24.9 Å². The molecule has 0 aliphatic heterocycles. The number of rotatable bonds is 8. The third-order valence-electron chi connectivity index (χ3n) is 4.67. The summed E-state index contributed by atoms with van der Waals surface area (Å²) in [5.74, 6) is 0.372. The van der Waals surface area contributed by atoms with Crippen molar-refractivity contribution in [3.05, 3.63) is 57.8 Å². The lowest BCUT2D eigenvalue weighted by Gasteiger charge is -2.13. The molecule has 10 nitrogen and oxygen atoms in total. The van der Waals surface area contributed by atoms with Gasteiger partial charge in [-0.15, -0.1) is 5.10 Å². The Morgan fingerprint density at radius 3 is 2.66 bits per heavy atom. The summed E-state index contributed by atoms with van der Waals surface area (Å²) in [5.41, 5.74) is 2.81. The van der Waals surface area contributed by atoms with Crippen molar-refractivity contribution < 1.29 is 13.5 Å². The van der Waals surface area contributed by atoms with Gasteiger partial charge in [0, 0.05) is 25.2 Å². The third-order valence-corrected chi connectivity index (χ3v) is 4.67. The maximum Gasteiger partial charge on any atom is 0.368 e. The molecule has 2 aromatic heterocycles. The van der Waals surface area contributed by atoms with Gasteiger partial charge >= 0.3 is 5.69 Å². The summed E-state index contributed by atoms with van der Waals surface area (Å²) in [6.45, 7) is 5.13. The van der Waals surface area contributed by atoms with E-state index in [4.69, 9.17) is 4.74 Å². The van der Waals surface area contributed by atoms with E-state index >= 15 is 0 Å². The van der Waals surface area contributed by atoms with E-state index in [0.29, 0.717) is 29.4 Å². The second-order valence-corrected chi connectivity index (χ2v) is 7.00. The molecule has 2 heterocycles. The van der Waals surface area contributed by atoms with Gasteiger partial charge in [0.1, 0.15) is 18.8 Å². The van der Waals surface area contributed by atoms with Crippen molar-refractivity contribution in [2.24, 2.45) is 17.3 Å². The van der Waals surface area contributed by atoms with Gasteiger partial charge < -0.3 is 4.74 Å². The molecule has 0 atom stereocenters. The van der Waals surface area contributed by atoms with Crippen LogP contribution in [0.2, 0.25) is 0 Å². The highest BCUT2D eigenvalue weighted by atomic mass is 19.3. The largest absolute Gasteiger partial charge is 0.475 e. The van der Waals surface area contributed by atoms with Gasteiger partial charge in [0.15, 0.2) is 0 Å². The van der Waals surface area contributed by atoms with E-state index in [1.807, 2.05) is 26.0 Å². The molecule has 32 heavy (non-hydrogen) atoms. The van der Waals surface area contributed by atoms with Crippen molar-refractivity contribution in [2.45, 2.75) is 46.8 Å². The first kappa shape index (κ1) is 23.0. The fraction of sp³-hybridized carbons (Fsp3) is 0.400. The van der Waals surface area contributed by atoms with Gasteiger partial charge in [-0.25, -0.2) is 13.6 Å². The first-order chi connectivity index (χ1) is 15.3. The second-order valence-electron chi connectivity index (χ2n) is 7.00. The molecule has 0 fully saturated rings. The van der Waals surface area contributed by atoms with Crippen LogP contribution in [0.15, 0.2) is 45.5 Å². The predicted molar refractivity (Wildman–Crippen MR) is 114 cm³/mol. The number of aryl methyl sites for hydroxylation is 2. The summed E-state index contributed by atoms with van der Waals surface area (Å²) in [6, 6.07) is 7.10. The van der Waals surface area contributed by atoms with Crippen molar-refractivity contribution in [2.75, 3.05) is 0 Å². The number of halogens is 2. The molecule has 3 aromatic rings. The minimum atomic E-state index is -2.48. The normalized spacial score (nSPS) is 12.6. The van der Waals surface area contributed by atoms with Gasteiger partial charge in [-0.3, -0.25) is 4.68 Å². The van der Waals surface area contributed by atoms with E-state index in [9.17, 15) is 13.6 Å². The summed E-state index contributed by atoms with van der Waals surface area (Å²) >= 11 is 0. The van der Waals surface area contributed by atoms with E-state index < -0.39 is 13.0 Å². The van der Waals surface area contributed by atoms with E-state index in [1.165, 1.54) is 17.9 Å². The number of alkyl halides is 2. The molecule has 0 radical (unpaired) electrons. The Hall–Kier alpha value is -3.70. The van der Waals surface area contributed by atoms with Crippen LogP contribution in [0.5, 0.6) is 0 Å². The zero-order valence-corrected chi connectivity index (χ0v) is 18.2. The van der Waals surface area contributed by atoms with Crippen LogP contribution in [0.4, 0.5) is 8.78 Å². The highest BCUT2D eigenvalue weighted by Crippen LogP contribution is 2.18. The number of ether oxygens (including phenoxy) is 1. The summed E-state index contributed by atoms with van der Waals surface area (Å²) in [7, 11) is 1.52. The van der Waals surface area contributed by atoms with E-state index in [0.717, 1.165) is 20.5 Å². The van der Waals surface area contributed by atoms with Gasteiger partial charge in [-0.05, 0) is 42.0 Å². The average Bonchev–Trinajstić information content (AvgIpc) is 3.35. The van der Waals surface area contributed by atoms with E-state index in [2.05, 4.69) is 25.7 Å². The number of benzene rings is 1. The molecule has 170 valence electrons. The van der Waals surface area contributed by atoms with Gasteiger partial charge in [0.25, 0.3) is 6.43 Å². The molecule has 12 heteroatoms. The quantitative estimate of drug-likeness (QED) is 0.300. The first-order valence-electron chi connectivity index (χ1n) is 9.94. The van der Waals surface area contributed by atoms with Gasteiger partial charge in [-0.2, -0.15) is 19.6 Å². The number of hydrogen-bond acceptors (Lipinski definition) is 7. The molecule has 0 saturated heterocycles. The molecule has 0 unspecified atom stereocenters. The molecule has 0 bridgehead atoms. The van der Waals surface area contributed by atoms with Crippen molar-refractivity contribution in [1.82, 2.24) is 29.6 Å². The molecule has 0 saturated carbocycles. The van der Waals surface area contributed by atoms with E-state index in [1.54, 1.807) is 19.1 Å². The highest BCUT2D eigenvalue weighted by Gasteiger charge is 2.14. The molecular formula is C20H24F2N8O2. The van der Waals surface area contributed by atoms with Crippen LogP contribution in [0.1, 0.15) is 37.1 Å².